The van der Waals surface area contributed by atoms with Gasteiger partial charge in [-0.15, -0.1) is 12.4 Å². The van der Waals surface area contributed by atoms with Crippen molar-refractivity contribution in [3.63, 3.8) is 0 Å². The quantitative estimate of drug-likeness (QED) is 0.829. The third kappa shape index (κ3) is 5.21. The van der Waals surface area contributed by atoms with Crippen molar-refractivity contribution in [1.82, 2.24) is 0 Å². The molecule has 0 aliphatic carbocycles. The number of rotatable bonds is 6. The topological polar surface area (TPSA) is 44.5 Å². The van der Waals surface area contributed by atoms with Gasteiger partial charge in [-0.2, -0.15) is 0 Å². The van der Waals surface area contributed by atoms with Crippen LogP contribution in [0.3, 0.4) is 0 Å². The van der Waals surface area contributed by atoms with E-state index in [-0.39, 0.29) is 18.4 Å². The first-order valence-electron chi connectivity index (χ1n) is 6.16. The fourth-order valence-corrected chi connectivity index (χ4v) is 2.34. The van der Waals surface area contributed by atoms with Crippen LogP contribution in [0.4, 0.5) is 0 Å². The standard InChI is InChI=1S/C14H22BrNO2.ClH/c1-9(2)5-6-11(16)10-7-12(17-3)14(15)13(8-10)18-4;/h7-9,11H,5-6,16H2,1-4H3;1H/t11-;/m1./s1. The SMILES string of the molecule is COc1cc([C@H](N)CCC(C)C)cc(OC)c1Br.Cl. The van der Waals surface area contributed by atoms with E-state index in [1.807, 2.05) is 12.1 Å². The van der Waals surface area contributed by atoms with Crippen molar-refractivity contribution in [2.75, 3.05) is 14.2 Å². The molecule has 3 nitrogen and oxygen atoms in total. The van der Waals surface area contributed by atoms with Gasteiger partial charge < -0.3 is 15.2 Å². The summed E-state index contributed by atoms with van der Waals surface area (Å²) in [5, 5.41) is 0. The Morgan fingerprint density at radius 2 is 1.58 bits per heavy atom. The van der Waals surface area contributed by atoms with Crippen LogP contribution in [0.2, 0.25) is 0 Å². The van der Waals surface area contributed by atoms with E-state index in [9.17, 15) is 0 Å². The van der Waals surface area contributed by atoms with Crippen molar-refractivity contribution in [1.29, 1.82) is 0 Å². The van der Waals surface area contributed by atoms with Gasteiger partial charge in [0.25, 0.3) is 0 Å². The van der Waals surface area contributed by atoms with E-state index in [4.69, 9.17) is 15.2 Å². The molecule has 0 aromatic heterocycles. The highest BCUT2D eigenvalue weighted by molar-refractivity contribution is 9.10. The van der Waals surface area contributed by atoms with Crippen LogP contribution in [0, 0.1) is 5.92 Å². The molecule has 2 N–H and O–H groups in total. The Morgan fingerprint density at radius 3 is 1.95 bits per heavy atom. The summed E-state index contributed by atoms with van der Waals surface area (Å²) in [6.45, 7) is 4.41. The van der Waals surface area contributed by atoms with Crippen LogP contribution in [0.15, 0.2) is 16.6 Å². The zero-order valence-electron chi connectivity index (χ0n) is 11.9. The van der Waals surface area contributed by atoms with Crippen LogP contribution < -0.4 is 15.2 Å². The molecule has 0 unspecified atom stereocenters. The van der Waals surface area contributed by atoms with Crippen LogP contribution in [0.1, 0.15) is 38.3 Å². The predicted octanol–water partition coefficient (Wildman–Crippen LogP) is 4.32. The Hall–Kier alpha value is -0.450. The summed E-state index contributed by atoms with van der Waals surface area (Å²) < 4.78 is 11.5. The average Bonchev–Trinajstić information content (AvgIpc) is 2.36. The van der Waals surface area contributed by atoms with E-state index < -0.39 is 0 Å². The maximum atomic E-state index is 6.21. The van der Waals surface area contributed by atoms with Crippen molar-refractivity contribution in [3.8, 4) is 11.5 Å². The molecule has 1 aromatic rings. The normalized spacial score (nSPS) is 11.9. The second-order valence-corrected chi connectivity index (χ2v) is 5.61. The molecule has 0 fully saturated rings. The van der Waals surface area contributed by atoms with Crippen LogP contribution >= 0.6 is 28.3 Å². The van der Waals surface area contributed by atoms with Crippen LogP contribution in [-0.2, 0) is 0 Å². The first-order chi connectivity index (χ1) is 8.49. The van der Waals surface area contributed by atoms with Crippen molar-refractivity contribution in [2.45, 2.75) is 32.7 Å². The van der Waals surface area contributed by atoms with Crippen LogP contribution in [0.5, 0.6) is 11.5 Å². The zero-order valence-corrected chi connectivity index (χ0v) is 14.3. The van der Waals surface area contributed by atoms with Crippen LogP contribution in [0.25, 0.3) is 0 Å². The predicted molar refractivity (Wildman–Crippen MR) is 85.5 cm³/mol. The molecule has 0 amide bonds. The Labute approximate surface area is 130 Å². The molecular formula is C14H23BrClNO2. The van der Waals surface area contributed by atoms with Crippen molar-refractivity contribution < 1.29 is 9.47 Å². The molecule has 1 aromatic carbocycles. The molecular weight excluding hydrogens is 330 g/mol. The summed E-state index contributed by atoms with van der Waals surface area (Å²) in [5.74, 6) is 2.17. The largest absolute Gasteiger partial charge is 0.495 e. The third-order valence-electron chi connectivity index (χ3n) is 2.95. The van der Waals surface area contributed by atoms with E-state index in [2.05, 4.69) is 29.8 Å². The lowest BCUT2D eigenvalue weighted by molar-refractivity contribution is 0.387. The van der Waals surface area contributed by atoms with Gasteiger partial charge in [0, 0.05) is 6.04 Å². The number of nitrogens with two attached hydrogens (primary N) is 1. The van der Waals surface area contributed by atoms with Gasteiger partial charge >= 0.3 is 0 Å². The first kappa shape index (κ1) is 18.6. The maximum absolute atomic E-state index is 6.21. The van der Waals surface area contributed by atoms with Crippen molar-refractivity contribution in [3.05, 3.63) is 22.2 Å². The Kier molecular flexibility index (Phi) is 8.46. The molecule has 19 heavy (non-hydrogen) atoms. The van der Waals surface area contributed by atoms with E-state index in [0.29, 0.717) is 5.92 Å². The van der Waals surface area contributed by atoms with E-state index >= 15 is 0 Å². The highest BCUT2D eigenvalue weighted by Gasteiger charge is 2.14. The third-order valence-corrected chi connectivity index (χ3v) is 3.73. The summed E-state index contributed by atoms with van der Waals surface area (Å²) in [6, 6.07) is 3.96. The number of hydrogen-bond donors (Lipinski definition) is 1. The summed E-state index contributed by atoms with van der Waals surface area (Å²) >= 11 is 3.46. The molecule has 0 bridgehead atoms. The summed E-state index contributed by atoms with van der Waals surface area (Å²) in [7, 11) is 3.28. The molecule has 1 atom stereocenters. The lowest BCUT2D eigenvalue weighted by Gasteiger charge is -2.17. The fourth-order valence-electron chi connectivity index (χ4n) is 1.78. The van der Waals surface area contributed by atoms with Gasteiger partial charge in [0.05, 0.1) is 14.2 Å². The molecule has 0 aliphatic rings. The second-order valence-electron chi connectivity index (χ2n) is 4.82. The van der Waals surface area contributed by atoms with Gasteiger partial charge in [0.15, 0.2) is 0 Å². The smallest absolute Gasteiger partial charge is 0.137 e. The van der Waals surface area contributed by atoms with E-state index in [1.54, 1.807) is 14.2 Å². The molecule has 0 saturated heterocycles. The molecule has 5 heteroatoms. The Morgan fingerprint density at radius 1 is 1.11 bits per heavy atom. The van der Waals surface area contributed by atoms with Crippen LogP contribution in [-0.4, -0.2) is 14.2 Å². The molecule has 0 saturated carbocycles. The Balaban J connectivity index is 0.00000324. The van der Waals surface area contributed by atoms with Gasteiger partial charge in [-0.1, -0.05) is 13.8 Å². The number of hydrogen-bond acceptors (Lipinski definition) is 3. The monoisotopic (exact) mass is 351 g/mol. The summed E-state index contributed by atoms with van der Waals surface area (Å²) in [6.07, 6.45) is 2.08. The molecule has 1 rings (SSSR count). The van der Waals surface area contributed by atoms with Gasteiger partial charge in [0.1, 0.15) is 16.0 Å². The van der Waals surface area contributed by atoms with E-state index in [0.717, 1.165) is 34.4 Å². The van der Waals surface area contributed by atoms with Crippen molar-refractivity contribution in [2.24, 2.45) is 11.7 Å². The van der Waals surface area contributed by atoms with Gasteiger partial charge in [0.2, 0.25) is 0 Å². The van der Waals surface area contributed by atoms with Crippen molar-refractivity contribution >= 4 is 28.3 Å². The number of ether oxygens (including phenoxy) is 2. The van der Waals surface area contributed by atoms with E-state index in [1.165, 1.54) is 0 Å². The van der Waals surface area contributed by atoms with Gasteiger partial charge in [-0.3, -0.25) is 0 Å². The summed E-state index contributed by atoms with van der Waals surface area (Å²) in [4.78, 5) is 0. The highest BCUT2D eigenvalue weighted by atomic mass is 79.9. The highest BCUT2D eigenvalue weighted by Crippen LogP contribution is 2.37. The number of methoxy groups -OCH3 is 2. The number of halogens is 2. The lowest BCUT2D eigenvalue weighted by atomic mass is 9.98. The minimum absolute atomic E-state index is 0. The molecule has 0 heterocycles. The maximum Gasteiger partial charge on any atom is 0.137 e. The molecule has 0 aliphatic heterocycles. The second kappa shape index (κ2) is 8.67. The lowest BCUT2D eigenvalue weighted by Crippen LogP contribution is -2.11. The number of benzene rings is 1. The average molecular weight is 353 g/mol. The fraction of sp³-hybridized carbons (Fsp3) is 0.571. The zero-order chi connectivity index (χ0) is 13.7. The molecule has 0 spiro atoms. The minimum atomic E-state index is 0. The molecule has 110 valence electrons. The van der Waals surface area contributed by atoms with Gasteiger partial charge in [-0.05, 0) is 52.4 Å². The van der Waals surface area contributed by atoms with Gasteiger partial charge in [-0.25, -0.2) is 0 Å². The first-order valence-corrected chi connectivity index (χ1v) is 6.95. The molecule has 0 radical (unpaired) electrons. The minimum Gasteiger partial charge on any atom is -0.495 e. The Bertz CT molecular complexity index is 374. The summed E-state index contributed by atoms with van der Waals surface area (Å²) in [5.41, 5.74) is 7.26.